The van der Waals surface area contributed by atoms with Crippen LogP contribution in [0.3, 0.4) is 0 Å². The quantitative estimate of drug-likeness (QED) is 0.479. The zero-order valence-electron chi connectivity index (χ0n) is 18.6. The number of hydrogen-bond acceptors (Lipinski definition) is 4. The van der Waals surface area contributed by atoms with E-state index in [4.69, 9.17) is 11.2 Å². The SMILES string of the molecule is C#Cc1ccc(C(C(=O)NCCCC)N(CC)C(=O)CNC(=O)OC(C)(C)C)cc1. The monoisotopic (exact) mass is 415 g/mol. The molecule has 1 aromatic rings. The summed E-state index contributed by atoms with van der Waals surface area (Å²) >= 11 is 0. The number of carbonyl (C=O) groups excluding carboxylic acids is 3. The molecule has 30 heavy (non-hydrogen) atoms. The molecule has 7 nitrogen and oxygen atoms in total. The summed E-state index contributed by atoms with van der Waals surface area (Å²) in [5.41, 5.74) is 0.665. The molecule has 1 rings (SSSR count). The van der Waals surface area contributed by atoms with Crippen LogP contribution in [0.2, 0.25) is 0 Å². The van der Waals surface area contributed by atoms with Crippen molar-refractivity contribution in [1.29, 1.82) is 0 Å². The van der Waals surface area contributed by atoms with E-state index in [-0.39, 0.29) is 24.9 Å². The molecule has 1 atom stereocenters. The number of ether oxygens (including phenoxy) is 1. The van der Waals surface area contributed by atoms with Crippen LogP contribution in [0.4, 0.5) is 4.79 Å². The number of nitrogens with one attached hydrogen (secondary N) is 2. The molecule has 0 aliphatic carbocycles. The van der Waals surface area contributed by atoms with Crippen molar-refractivity contribution in [3.8, 4) is 12.3 Å². The molecule has 0 spiro atoms. The Morgan fingerprint density at radius 3 is 2.27 bits per heavy atom. The van der Waals surface area contributed by atoms with E-state index in [0.717, 1.165) is 12.8 Å². The molecule has 0 saturated carbocycles. The van der Waals surface area contributed by atoms with Gasteiger partial charge in [-0.2, -0.15) is 0 Å². The van der Waals surface area contributed by atoms with E-state index in [1.165, 1.54) is 4.90 Å². The molecule has 0 aliphatic heterocycles. The highest BCUT2D eigenvalue weighted by Crippen LogP contribution is 2.22. The molecule has 0 aliphatic rings. The number of nitrogens with zero attached hydrogens (tertiary/aromatic N) is 1. The van der Waals surface area contributed by atoms with E-state index in [0.29, 0.717) is 17.7 Å². The first-order valence-electron chi connectivity index (χ1n) is 10.2. The summed E-state index contributed by atoms with van der Waals surface area (Å²) in [6.07, 6.45) is 6.52. The molecule has 1 unspecified atom stereocenters. The molecular formula is C23H33N3O4. The Morgan fingerprint density at radius 2 is 1.77 bits per heavy atom. The number of amides is 3. The molecule has 0 heterocycles. The summed E-state index contributed by atoms with van der Waals surface area (Å²) in [4.78, 5) is 39.1. The number of carbonyl (C=O) groups is 3. The number of alkyl carbamates (subject to hydrolysis) is 1. The van der Waals surface area contributed by atoms with Gasteiger partial charge in [-0.1, -0.05) is 31.4 Å². The lowest BCUT2D eigenvalue weighted by Gasteiger charge is -2.30. The van der Waals surface area contributed by atoms with Crippen molar-refractivity contribution < 1.29 is 19.1 Å². The van der Waals surface area contributed by atoms with E-state index < -0.39 is 17.7 Å². The fourth-order valence-corrected chi connectivity index (χ4v) is 2.79. The Kier molecular flexibility index (Phi) is 9.90. The second kappa shape index (κ2) is 11.9. The lowest BCUT2D eigenvalue weighted by atomic mass is 10.0. The minimum Gasteiger partial charge on any atom is -0.444 e. The second-order valence-corrected chi connectivity index (χ2v) is 7.85. The van der Waals surface area contributed by atoms with Crippen molar-refractivity contribution in [1.82, 2.24) is 15.5 Å². The molecule has 3 amide bonds. The Morgan fingerprint density at radius 1 is 1.13 bits per heavy atom. The van der Waals surface area contributed by atoms with Crippen molar-refractivity contribution in [2.45, 2.75) is 59.1 Å². The number of benzene rings is 1. The summed E-state index contributed by atoms with van der Waals surface area (Å²) < 4.78 is 5.17. The third-order valence-corrected chi connectivity index (χ3v) is 4.23. The predicted octanol–water partition coefficient (Wildman–Crippen LogP) is 3.00. The molecule has 0 bridgehead atoms. The zero-order valence-corrected chi connectivity index (χ0v) is 18.6. The maximum absolute atomic E-state index is 12.9. The largest absolute Gasteiger partial charge is 0.444 e. The van der Waals surface area contributed by atoms with Crippen LogP contribution >= 0.6 is 0 Å². The van der Waals surface area contributed by atoms with Gasteiger partial charge in [0.25, 0.3) is 0 Å². The van der Waals surface area contributed by atoms with Crippen molar-refractivity contribution >= 4 is 17.9 Å². The standard InChI is InChI=1S/C23H33N3O4/c1-7-10-15-24-21(28)20(18-13-11-17(8-2)12-14-18)26(9-3)19(27)16-25-22(29)30-23(4,5)6/h2,11-14,20H,7,9-10,15-16H2,1,3-6H3,(H,24,28)(H,25,29). The van der Waals surface area contributed by atoms with Crippen molar-refractivity contribution in [3.63, 3.8) is 0 Å². The van der Waals surface area contributed by atoms with Gasteiger partial charge in [0, 0.05) is 18.7 Å². The van der Waals surface area contributed by atoms with E-state index in [1.54, 1.807) is 52.0 Å². The van der Waals surface area contributed by atoms with Crippen molar-refractivity contribution in [3.05, 3.63) is 35.4 Å². The Bertz CT molecular complexity index is 760. The van der Waals surface area contributed by atoms with Gasteiger partial charge in [-0.3, -0.25) is 9.59 Å². The minimum atomic E-state index is -0.827. The summed E-state index contributed by atoms with van der Waals surface area (Å²) in [7, 11) is 0. The molecule has 0 radical (unpaired) electrons. The van der Waals surface area contributed by atoms with Gasteiger partial charge in [0.1, 0.15) is 18.2 Å². The van der Waals surface area contributed by atoms with Gasteiger partial charge < -0.3 is 20.3 Å². The summed E-state index contributed by atoms with van der Waals surface area (Å²) in [5.74, 6) is 1.88. The first-order chi connectivity index (χ1) is 14.1. The average Bonchev–Trinajstić information content (AvgIpc) is 2.69. The van der Waals surface area contributed by atoms with E-state index in [1.807, 2.05) is 6.92 Å². The fraction of sp³-hybridized carbons (Fsp3) is 0.522. The molecule has 0 aromatic heterocycles. The van der Waals surface area contributed by atoms with Crippen LogP contribution in [-0.4, -0.2) is 48.0 Å². The van der Waals surface area contributed by atoms with Gasteiger partial charge in [-0.15, -0.1) is 6.42 Å². The Balaban J connectivity index is 3.02. The van der Waals surface area contributed by atoms with Gasteiger partial charge in [0.2, 0.25) is 11.8 Å². The summed E-state index contributed by atoms with van der Waals surface area (Å²) in [6, 6.07) is 6.14. The van der Waals surface area contributed by atoms with Crippen LogP contribution in [0, 0.1) is 12.3 Å². The summed E-state index contributed by atoms with van der Waals surface area (Å²) in [5, 5.41) is 5.35. The lowest BCUT2D eigenvalue weighted by Crippen LogP contribution is -2.47. The van der Waals surface area contributed by atoms with Crippen LogP contribution in [0.5, 0.6) is 0 Å². The maximum Gasteiger partial charge on any atom is 0.408 e. The summed E-state index contributed by atoms with van der Waals surface area (Å²) in [6.45, 7) is 9.58. The normalized spacial score (nSPS) is 11.7. The molecule has 7 heteroatoms. The molecule has 0 saturated heterocycles. The number of likely N-dealkylation sites (N-methyl/N-ethyl adjacent to an activating group) is 1. The van der Waals surface area contributed by atoms with Crippen molar-refractivity contribution in [2.24, 2.45) is 0 Å². The molecule has 2 N–H and O–H groups in total. The minimum absolute atomic E-state index is 0.274. The van der Waals surface area contributed by atoms with Gasteiger partial charge in [0.15, 0.2) is 0 Å². The predicted molar refractivity (Wildman–Crippen MR) is 117 cm³/mol. The van der Waals surface area contributed by atoms with Crippen LogP contribution in [0.15, 0.2) is 24.3 Å². The third-order valence-electron chi connectivity index (χ3n) is 4.23. The topological polar surface area (TPSA) is 87.7 Å². The Hall–Kier alpha value is -3.01. The number of unbranched alkanes of at least 4 members (excludes halogenated alkanes) is 1. The van der Waals surface area contributed by atoms with Crippen LogP contribution in [0.25, 0.3) is 0 Å². The molecule has 0 fully saturated rings. The molecule has 164 valence electrons. The number of hydrogen-bond donors (Lipinski definition) is 2. The third kappa shape index (κ3) is 8.16. The van der Waals surface area contributed by atoms with Gasteiger partial charge in [-0.25, -0.2) is 4.79 Å². The van der Waals surface area contributed by atoms with Crippen LogP contribution in [-0.2, 0) is 14.3 Å². The zero-order chi connectivity index (χ0) is 22.7. The van der Waals surface area contributed by atoms with Crippen molar-refractivity contribution in [2.75, 3.05) is 19.6 Å². The smallest absolute Gasteiger partial charge is 0.408 e. The van der Waals surface area contributed by atoms with E-state index >= 15 is 0 Å². The Labute approximate surface area is 179 Å². The fourth-order valence-electron chi connectivity index (χ4n) is 2.79. The van der Waals surface area contributed by atoms with Crippen LogP contribution in [0.1, 0.15) is 64.6 Å². The van der Waals surface area contributed by atoms with Gasteiger partial charge >= 0.3 is 6.09 Å². The van der Waals surface area contributed by atoms with Gasteiger partial charge in [0.05, 0.1) is 0 Å². The lowest BCUT2D eigenvalue weighted by molar-refractivity contribution is -0.140. The highest BCUT2D eigenvalue weighted by Gasteiger charge is 2.30. The van der Waals surface area contributed by atoms with E-state index in [2.05, 4.69) is 16.6 Å². The van der Waals surface area contributed by atoms with Gasteiger partial charge in [-0.05, 0) is 51.8 Å². The van der Waals surface area contributed by atoms with E-state index in [9.17, 15) is 14.4 Å². The first-order valence-corrected chi connectivity index (χ1v) is 10.2. The number of terminal acetylenes is 1. The molecular weight excluding hydrogens is 382 g/mol. The second-order valence-electron chi connectivity index (χ2n) is 7.85. The average molecular weight is 416 g/mol. The highest BCUT2D eigenvalue weighted by molar-refractivity contribution is 5.90. The first kappa shape index (κ1) is 25.0. The molecule has 1 aromatic carbocycles. The number of rotatable bonds is 9. The van der Waals surface area contributed by atoms with Crippen LogP contribution < -0.4 is 10.6 Å². The highest BCUT2D eigenvalue weighted by atomic mass is 16.6. The maximum atomic E-state index is 12.9.